The van der Waals surface area contributed by atoms with Gasteiger partial charge >= 0.3 is 12.1 Å². The predicted octanol–water partition coefficient (Wildman–Crippen LogP) is 4.56. The highest BCUT2D eigenvalue weighted by Gasteiger charge is 2.36. The van der Waals surface area contributed by atoms with Gasteiger partial charge in [0, 0.05) is 37.6 Å². The van der Waals surface area contributed by atoms with Crippen molar-refractivity contribution in [2.24, 2.45) is 7.05 Å². The molecule has 3 aromatic rings. The van der Waals surface area contributed by atoms with Gasteiger partial charge in [-0.3, -0.25) is 9.59 Å². The number of alkyl halides is 3. The number of esters is 1. The number of piperidine rings is 1. The van der Waals surface area contributed by atoms with Crippen LogP contribution in [0.5, 0.6) is 0 Å². The molecule has 4 rings (SSSR count). The number of nitrogens with one attached hydrogen (secondary N) is 1. The number of rotatable bonds is 5. The maximum atomic E-state index is 13.3. The van der Waals surface area contributed by atoms with Crippen LogP contribution in [0.15, 0.2) is 41.9 Å². The lowest BCUT2D eigenvalue weighted by atomic mass is 9.96. The maximum Gasteiger partial charge on any atom is 0.417 e. The first-order chi connectivity index (χ1) is 17.1. The summed E-state index contributed by atoms with van der Waals surface area (Å²) in [7, 11) is 2.92. The van der Waals surface area contributed by atoms with E-state index in [0.717, 1.165) is 11.1 Å². The molecule has 8 nitrogen and oxygen atoms in total. The number of nitrogens with zero attached hydrogens (tertiary/aromatic N) is 3. The Labute approximate surface area is 208 Å². The van der Waals surface area contributed by atoms with Crippen molar-refractivity contribution in [2.45, 2.75) is 24.9 Å². The Morgan fingerprint density at radius 2 is 1.86 bits per heavy atom. The normalized spacial score (nSPS) is 14.5. The van der Waals surface area contributed by atoms with E-state index < -0.39 is 29.5 Å². The number of amides is 2. The summed E-state index contributed by atoms with van der Waals surface area (Å²) in [6, 6.07) is 6.29. The molecule has 1 aliphatic heterocycles. The van der Waals surface area contributed by atoms with E-state index in [1.54, 1.807) is 18.6 Å². The number of hydrogen-bond donors (Lipinski definition) is 1. The van der Waals surface area contributed by atoms with Crippen molar-refractivity contribution in [1.82, 2.24) is 14.5 Å². The molecule has 0 spiro atoms. The van der Waals surface area contributed by atoms with Gasteiger partial charge in [-0.25, -0.2) is 9.78 Å². The molecule has 1 aliphatic rings. The van der Waals surface area contributed by atoms with Crippen molar-refractivity contribution in [3.63, 3.8) is 0 Å². The zero-order valence-corrected chi connectivity index (χ0v) is 20.3. The summed E-state index contributed by atoms with van der Waals surface area (Å²) < 4.78 is 46.2. The van der Waals surface area contributed by atoms with Gasteiger partial charge in [-0.2, -0.15) is 13.2 Å². The predicted molar refractivity (Wildman–Crippen MR) is 126 cm³/mol. The fourth-order valence-corrected chi connectivity index (χ4v) is 5.10. The van der Waals surface area contributed by atoms with Crippen LogP contribution in [-0.4, -0.2) is 52.4 Å². The minimum absolute atomic E-state index is 0.0129. The Bertz CT molecular complexity index is 1290. The number of carbonyl (C=O) groups excluding carboxylic acids is 3. The van der Waals surface area contributed by atoms with Crippen LogP contribution in [0.25, 0.3) is 0 Å². The first kappa shape index (κ1) is 25.4. The Balaban J connectivity index is 1.38. The summed E-state index contributed by atoms with van der Waals surface area (Å²) >= 11 is 1.32. The zero-order valence-electron chi connectivity index (χ0n) is 19.5. The van der Waals surface area contributed by atoms with E-state index in [1.807, 2.05) is 0 Å². The second-order valence-corrected chi connectivity index (χ2v) is 9.24. The van der Waals surface area contributed by atoms with Crippen LogP contribution < -0.4 is 5.32 Å². The third-order valence-corrected chi connectivity index (χ3v) is 7.01. The molecular formula is C24H23F3N4O4S. The molecule has 1 N–H and O–H groups in total. The van der Waals surface area contributed by atoms with Gasteiger partial charge < -0.3 is 19.5 Å². The van der Waals surface area contributed by atoms with Gasteiger partial charge in [0.15, 0.2) is 0 Å². The van der Waals surface area contributed by atoms with E-state index in [4.69, 9.17) is 4.74 Å². The van der Waals surface area contributed by atoms with Crippen LogP contribution in [-0.2, 0) is 18.0 Å². The van der Waals surface area contributed by atoms with Crippen LogP contribution in [0.3, 0.4) is 0 Å². The highest BCUT2D eigenvalue weighted by Crippen LogP contribution is 2.34. The molecule has 0 bridgehead atoms. The van der Waals surface area contributed by atoms with Gasteiger partial charge in [-0.15, -0.1) is 11.3 Å². The minimum atomic E-state index is -4.61. The van der Waals surface area contributed by atoms with Gasteiger partial charge in [0.25, 0.3) is 11.8 Å². The number of halogens is 3. The quantitative estimate of drug-likeness (QED) is 0.498. The topological polar surface area (TPSA) is 93.5 Å². The standard InChI is InChI=1S/C24H23F3N4O4S/c1-30-12-15(11-19(30)23(34)35-2)28-20(32)18-13-36-21(29-18)14-7-9-31(10-8-14)22(33)16-5-3-4-6-17(16)24(25,26)27/h3-6,11-14H,7-10H2,1-2H3,(H,28,32). The van der Waals surface area contributed by atoms with Crippen molar-refractivity contribution >= 4 is 34.8 Å². The second kappa shape index (κ2) is 10.1. The lowest BCUT2D eigenvalue weighted by Gasteiger charge is -2.31. The fraction of sp³-hybridized carbons (Fsp3) is 0.333. The van der Waals surface area contributed by atoms with Gasteiger partial charge in [0.2, 0.25) is 0 Å². The van der Waals surface area contributed by atoms with Crippen molar-refractivity contribution in [2.75, 3.05) is 25.5 Å². The fourth-order valence-electron chi connectivity index (χ4n) is 4.13. The highest BCUT2D eigenvalue weighted by atomic mass is 32.1. The molecule has 36 heavy (non-hydrogen) atoms. The third kappa shape index (κ3) is 5.27. The maximum absolute atomic E-state index is 13.3. The smallest absolute Gasteiger partial charge is 0.417 e. The zero-order chi connectivity index (χ0) is 26.0. The van der Waals surface area contributed by atoms with Crippen molar-refractivity contribution in [3.8, 4) is 0 Å². The summed E-state index contributed by atoms with van der Waals surface area (Å²) in [4.78, 5) is 43.1. The number of likely N-dealkylation sites (tertiary alicyclic amines) is 1. The molecule has 1 aromatic carbocycles. The summed E-state index contributed by atoms with van der Waals surface area (Å²) in [6.07, 6.45) is -1.98. The number of hydrogen-bond acceptors (Lipinski definition) is 6. The molecule has 1 fully saturated rings. The van der Waals surface area contributed by atoms with E-state index in [-0.39, 0.29) is 36.0 Å². The number of thiazole rings is 1. The second-order valence-electron chi connectivity index (χ2n) is 8.35. The van der Waals surface area contributed by atoms with Gasteiger partial charge in [-0.1, -0.05) is 12.1 Å². The van der Waals surface area contributed by atoms with Crippen LogP contribution in [0, 0.1) is 0 Å². The largest absolute Gasteiger partial charge is 0.464 e. The van der Waals surface area contributed by atoms with Crippen LogP contribution in [0.2, 0.25) is 0 Å². The number of anilines is 1. The Morgan fingerprint density at radius 3 is 2.53 bits per heavy atom. The summed E-state index contributed by atoms with van der Waals surface area (Å²) in [5, 5.41) is 5.06. The molecule has 1 saturated heterocycles. The Morgan fingerprint density at radius 1 is 1.17 bits per heavy atom. The van der Waals surface area contributed by atoms with Gasteiger partial charge in [0.1, 0.15) is 11.4 Å². The minimum Gasteiger partial charge on any atom is -0.464 e. The third-order valence-electron chi connectivity index (χ3n) is 6.01. The first-order valence-electron chi connectivity index (χ1n) is 11.1. The Kier molecular flexibility index (Phi) is 7.16. The lowest BCUT2D eigenvalue weighted by Crippen LogP contribution is -2.38. The van der Waals surface area contributed by atoms with Crippen molar-refractivity contribution in [3.05, 3.63) is 69.4 Å². The molecule has 190 valence electrons. The van der Waals surface area contributed by atoms with E-state index in [2.05, 4.69) is 10.3 Å². The molecule has 0 atom stereocenters. The van der Waals surface area contributed by atoms with Gasteiger partial charge in [-0.05, 0) is 31.0 Å². The molecule has 0 aliphatic carbocycles. The highest BCUT2D eigenvalue weighted by molar-refractivity contribution is 7.10. The molecule has 2 amide bonds. The average molecular weight is 521 g/mol. The first-order valence-corrected chi connectivity index (χ1v) is 11.9. The SMILES string of the molecule is COC(=O)c1cc(NC(=O)c2csc(C3CCN(C(=O)c4ccccc4C(F)(F)F)CC3)n2)cn1C. The van der Waals surface area contributed by atoms with E-state index in [1.165, 1.54) is 52.2 Å². The average Bonchev–Trinajstić information content (AvgIpc) is 3.50. The van der Waals surface area contributed by atoms with Crippen molar-refractivity contribution < 1.29 is 32.3 Å². The molecule has 3 heterocycles. The van der Waals surface area contributed by atoms with Crippen LogP contribution in [0.1, 0.15) is 60.7 Å². The van der Waals surface area contributed by atoms with E-state index in [0.29, 0.717) is 18.5 Å². The number of aromatic nitrogens is 2. The summed E-state index contributed by atoms with van der Waals surface area (Å²) in [6.45, 7) is 0.578. The van der Waals surface area contributed by atoms with Crippen LogP contribution in [0.4, 0.5) is 18.9 Å². The monoisotopic (exact) mass is 520 g/mol. The lowest BCUT2D eigenvalue weighted by molar-refractivity contribution is -0.138. The summed E-state index contributed by atoms with van der Waals surface area (Å²) in [5.41, 5.74) is -0.372. The van der Waals surface area contributed by atoms with E-state index in [9.17, 15) is 27.6 Å². The number of carbonyl (C=O) groups is 3. The Hall–Kier alpha value is -3.67. The molecule has 0 radical (unpaired) electrons. The van der Waals surface area contributed by atoms with Crippen molar-refractivity contribution in [1.29, 1.82) is 0 Å². The molecule has 2 aromatic heterocycles. The summed E-state index contributed by atoms with van der Waals surface area (Å²) in [5.74, 6) is -1.62. The van der Waals surface area contributed by atoms with Gasteiger partial charge in [0.05, 0.1) is 28.9 Å². The number of ether oxygens (including phenoxy) is 1. The molecular weight excluding hydrogens is 497 g/mol. The molecule has 12 heteroatoms. The van der Waals surface area contributed by atoms with Crippen LogP contribution >= 0.6 is 11.3 Å². The number of methoxy groups -OCH3 is 1. The molecule has 0 unspecified atom stereocenters. The van der Waals surface area contributed by atoms with E-state index >= 15 is 0 Å². The molecule has 0 saturated carbocycles. The number of benzene rings is 1. The number of aryl methyl sites for hydroxylation is 1.